The van der Waals surface area contributed by atoms with Gasteiger partial charge in [-0.1, -0.05) is 0 Å². The van der Waals surface area contributed by atoms with Crippen molar-refractivity contribution in [3.8, 4) is 0 Å². The van der Waals surface area contributed by atoms with Crippen molar-refractivity contribution in [2.24, 2.45) is 0 Å². The maximum atomic E-state index is 9.44. The minimum atomic E-state index is 0. The maximum absolute atomic E-state index is 9.44. The summed E-state index contributed by atoms with van der Waals surface area (Å²) in [6.07, 6.45) is 0. The molecule has 0 saturated carbocycles. The van der Waals surface area contributed by atoms with Crippen LogP contribution in [0.15, 0.2) is 0 Å². The van der Waals surface area contributed by atoms with Crippen LogP contribution in [0.4, 0.5) is 0 Å². The number of carbonyl (C=O) groups is 1. The molecule has 0 aromatic carbocycles. The second-order valence-electron chi connectivity index (χ2n) is 0.908. The highest BCUT2D eigenvalue weighted by Gasteiger charge is 1.62. The van der Waals surface area contributed by atoms with Crippen molar-refractivity contribution in [2.45, 2.75) is 13.8 Å². The van der Waals surface area contributed by atoms with E-state index in [2.05, 4.69) is 0 Å². The fraction of sp³-hybridized carbons (Fsp3) is 0.667. The van der Waals surface area contributed by atoms with Gasteiger partial charge in [-0.2, -0.15) is 0 Å². The Morgan fingerprint density at radius 2 is 1.29 bits per heavy atom. The molecular formula is C3H11AlO3. The molecule has 2 N–H and O–H groups in total. The lowest BCUT2D eigenvalue weighted by molar-refractivity contribution is -0.176. The third kappa shape index (κ3) is 6940. The first kappa shape index (κ1) is 15.7. The Bertz CT molecular complexity index is 33.2. The van der Waals surface area contributed by atoms with E-state index in [1.807, 2.05) is 0 Å². The van der Waals surface area contributed by atoms with Crippen LogP contribution >= 0.6 is 0 Å². The summed E-state index contributed by atoms with van der Waals surface area (Å²) in [6.45, 7) is 3.06. The fourth-order valence-corrected chi connectivity index (χ4v) is 0. The smallest absolute Gasteiger partial charge is 0.187 e. The summed E-state index contributed by atoms with van der Waals surface area (Å²) in [5, 5.41) is 12.0. The topological polar surface area (TPSA) is 57.5 Å². The monoisotopic (exact) mass is 122 g/mol. The Balaban J connectivity index is -0.0000000480. The molecular weight excluding hydrogens is 111 g/mol. The normalized spacial score (nSPS) is 4.57. The van der Waals surface area contributed by atoms with Crippen molar-refractivity contribution in [2.75, 3.05) is 0 Å². The maximum Gasteiger partial charge on any atom is 0.187 e. The van der Waals surface area contributed by atoms with Crippen LogP contribution in [0.1, 0.15) is 13.8 Å². The van der Waals surface area contributed by atoms with E-state index >= 15 is 0 Å². The number of rotatable bonds is 0. The lowest BCUT2D eigenvalue weighted by atomic mass is 10.6. The van der Waals surface area contributed by atoms with E-state index in [4.69, 9.17) is 10.5 Å². The molecule has 0 rings (SSSR count). The summed E-state index contributed by atoms with van der Waals surface area (Å²) in [5.41, 5.74) is 0. The summed E-state index contributed by atoms with van der Waals surface area (Å²) in [6, 6.07) is 0. The van der Waals surface area contributed by atoms with Gasteiger partial charge in [-0.25, -0.2) is 0 Å². The molecule has 44 valence electrons. The van der Waals surface area contributed by atoms with Crippen molar-refractivity contribution in [3.63, 3.8) is 0 Å². The van der Waals surface area contributed by atoms with Crippen LogP contribution in [0, 0.1) is 0 Å². The van der Waals surface area contributed by atoms with Crippen LogP contribution in [0.2, 0.25) is 0 Å². The quantitative estimate of drug-likeness (QED) is 0.257. The van der Waals surface area contributed by atoms with Gasteiger partial charge in [-0.3, -0.25) is 10.5 Å². The number of hydrogen-bond donors (Lipinski definition) is 2. The number of ketones is 1. The summed E-state index contributed by atoms with van der Waals surface area (Å²) in [4.78, 5) is 9.44. The first-order chi connectivity index (χ1) is 2.73. The largest absolute Gasteiger partial charge is 0.300 e. The van der Waals surface area contributed by atoms with Crippen molar-refractivity contribution < 1.29 is 15.3 Å². The molecule has 0 radical (unpaired) electrons. The minimum absolute atomic E-state index is 0. The zero-order valence-electron chi connectivity index (χ0n) is 3.80. The summed E-state index contributed by atoms with van der Waals surface area (Å²) in [5.74, 6) is 0.167. The SMILES string of the molecule is CC(C)=O.OO.[AlH3]. The average Bonchev–Trinajstić information content (AvgIpc) is 1.41. The highest BCUT2D eigenvalue weighted by atomic mass is 27.0. The molecule has 0 aliphatic carbocycles. The fourth-order valence-electron chi connectivity index (χ4n) is 0. The standard InChI is InChI=1S/C3H6O.Al.H2O2.3H/c1-3(2)4;;1-2;;;/h1-2H3;;1-2H;;;. The van der Waals surface area contributed by atoms with Crippen LogP contribution in [-0.2, 0) is 4.79 Å². The molecule has 0 fully saturated rings. The molecule has 0 heterocycles. The van der Waals surface area contributed by atoms with E-state index in [0.717, 1.165) is 0 Å². The van der Waals surface area contributed by atoms with Gasteiger partial charge in [-0.05, 0) is 13.8 Å². The van der Waals surface area contributed by atoms with Crippen LogP contribution in [0.25, 0.3) is 0 Å². The molecule has 0 aromatic heterocycles. The van der Waals surface area contributed by atoms with Crippen molar-refractivity contribution in [1.29, 1.82) is 0 Å². The van der Waals surface area contributed by atoms with Gasteiger partial charge in [-0.15, -0.1) is 0 Å². The highest BCUT2D eigenvalue weighted by molar-refractivity contribution is 5.75. The highest BCUT2D eigenvalue weighted by Crippen LogP contribution is 1.50. The summed E-state index contributed by atoms with van der Waals surface area (Å²) >= 11 is 0. The minimum Gasteiger partial charge on any atom is -0.300 e. The lowest BCUT2D eigenvalue weighted by Gasteiger charge is -1.56. The Morgan fingerprint density at radius 1 is 1.29 bits per heavy atom. The van der Waals surface area contributed by atoms with E-state index in [-0.39, 0.29) is 23.1 Å². The molecule has 0 aromatic rings. The summed E-state index contributed by atoms with van der Waals surface area (Å²) < 4.78 is 0. The second-order valence-corrected chi connectivity index (χ2v) is 0.908. The van der Waals surface area contributed by atoms with Crippen molar-refractivity contribution >= 4 is 23.1 Å². The van der Waals surface area contributed by atoms with Gasteiger partial charge >= 0.3 is 0 Å². The molecule has 4 heteroatoms. The molecule has 7 heavy (non-hydrogen) atoms. The molecule has 0 saturated heterocycles. The zero-order chi connectivity index (χ0) is 5.58. The van der Waals surface area contributed by atoms with Crippen LogP contribution in [0.5, 0.6) is 0 Å². The van der Waals surface area contributed by atoms with Gasteiger partial charge in [0.2, 0.25) is 0 Å². The Kier molecular flexibility index (Phi) is 37.0. The zero-order valence-corrected chi connectivity index (χ0v) is 3.80. The predicted octanol–water partition coefficient (Wildman–Crippen LogP) is -0.571. The molecule has 0 spiro atoms. The van der Waals surface area contributed by atoms with E-state index in [0.29, 0.717) is 0 Å². The Hall–Kier alpha value is 0.122. The molecule has 0 aliphatic rings. The molecule has 0 amide bonds. The van der Waals surface area contributed by atoms with Gasteiger partial charge in [0.25, 0.3) is 0 Å². The number of carbonyl (C=O) groups excluding carboxylic acids is 1. The molecule has 0 bridgehead atoms. The van der Waals surface area contributed by atoms with Crippen LogP contribution < -0.4 is 0 Å². The van der Waals surface area contributed by atoms with Gasteiger partial charge in [0.15, 0.2) is 17.4 Å². The molecule has 0 atom stereocenters. The first-order valence-corrected chi connectivity index (χ1v) is 1.40. The first-order valence-electron chi connectivity index (χ1n) is 1.40. The number of Topliss-reactive ketones (excluding diaryl/α,β-unsaturated/α-hetero) is 1. The van der Waals surface area contributed by atoms with Crippen molar-refractivity contribution in [1.82, 2.24) is 0 Å². The van der Waals surface area contributed by atoms with E-state index in [9.17, 15) is 4.79 Å². The third-order valence-electron chi connectivity index (χ3n) is 0. The van der Waals surface area contributed by atoms with Gasteiger partial charge < -0.3 is 4.79 Å². The molecule has 0 aliphatic heterocycles. The lowest BCUT2D eigenvalue weighted by Crippen LogP contribution is -1.69. The van der Waals surface area contributed by atoms with Crippen molar-refractivity contribution in [3.05, 3.63) is 0 Å². The Morgan fingerprint density at radius 3 is 1.29 bits per heavy atom. The average molecular weight is 122 g/mol. The van der Waals surface area contributed by atoms with Crippen LogP contribution in [-0.4, -0.2) is 33.7 Å². The second kappa shape index (κ2) is 16.5. The van der Waals surface area contributed by atoms with E-state index in [1.54, 1.807) is 0 Å². The third-order valence-corrected chi connectivity index (χ3v) is 0. The number of hydrogen-bond acceptors (Lipinski definition) is 3. The van der Waals surface area contributed by atoms with Gasteiger partial charge in [0.1, 0.15) is 5.78 Å². The van der Waals surface area contributed by atoms with Crippen LogP contribution in [0.3, 0.4) is 0 Å². The molecule has 0 unspecified atom stereocenters. The predicted molar refractivity (Wildman–Crippen MR) is 31.6 cm³/mol. The van der Waals surface area contributed by atoms with Gasteiger partial charge in [0, 0.05) is 0 Å². The molecule has 3 nitrogen and oxygen atoms in total. The Labute approximate surface area is 53.0 Å². The summed E-state index contributed by atoms with van der Waals surface area (Å²) in [7, 11) is 0. The van der Waals surface area contributed by atoms with E-state index < -0.39 is 0 Å². The van der Waals surface area contributed by atoms with E-state index in [1.165, 1.54) is 13.8 Å². The van der Waals surface area contributed by atoms with Gasteiger partial charge in [0.05, 0.1) is 0 Å².